The summed E-state index contributed by atoms with van der Waals surface area (Å²) in [6.45, 7) is 3.85. The lowest BCUT2D eigenvalue weighted by molar-refractivity contribution is -0.115. The Kier molecular flexibility index (Phi) is 2.65. The SMILES string of the molecule is CC1=C2C(=O)CCCCC2=C(c2nc(C)no2)C1. The molecule has 1 fully saturated rings. The van der Waals surface area contributed by atoms with Crippen molar-refractivity contribution >= 4 is 11.4 Å². The highest BCUT2D eigenvalue weighted by Gasteiger charge is 2.31. The molecule has 0 atom stereocenters. The molecule has 4 heteroatoms. The van der Waals surface area contributed by atoms with Crippen LogP contribution in [0.3, 0.4) is 0 Å². The molecule has 0 spiro atoms. The Morgan fingerprint density at radius 1 is 1.11 bits per heavy atom. The number of nitrogens with zero attached hydrogens (tertiary/aromatic N) is 2. The number of hydrogen-bond acceptors (Lipinski definition) is 4. The van der Waals surface area contributed by atoms with Gasteiger partial charge in [-0.25, -0.2) is 0 Å². The van der Waals surface area contributed by atoms with Crippen LogP contribution in [0.2, 0.25) is 0 Å². The van der Waals surface area contributed by atoms with Crippen molar-refractivity contribution in [3.05, 3.63) is 28.4 Å². The molecule has 1 saturated carbocycles. The van der Waals surface area contributed by atoms with E-state index in [1.807, 2.05) is 13.8 Å². The summed E-state index contributed by atoms with van der Waals surface area (Å²) in [6.07, 6.45) is 4.45. The first-order valence-electron chi connectivity index (χ1n) is 6.43. The molecule has 1 aromatic heterocycles. The molecule has 0 aliphatic heterocycles. The summed E-state index contributed by atoms with van der Waals surface area (Å²) in [5, 5.41) is 3.84. The Morgan fingerprint density at radius 3 is 2.61 bits per heavy atom. The van der Waals surface area contributed by atoms with Gasteiger partial charge in [-0.1, -0.05) is 10.7 Å². The van der Waals surface area contributed by atoms with E-state index in [-0.39, 0.29) is 5.78 Å². The molecule has 3 rings (SSSR count). The summed E-state index contributed by atoms with van der Waals surface area (Å²) in [6, 6.07) is 0. The Balaban J connectivity index is 2.09. The zero-order valence-electron chi connectivity index (χ0n) is 10.7. The van der Waals surface area contributed by atoms with E-state index >= 15 is 0 Å². The van der Waals surface area contributed by atoms with E-state index < -0.39 is 0 Å². The lowest BCUT2D eigenvalue weighted by Gasteiger charge is -2.04. The minimum atomic E-state index is 0.284. The molecule has 0 radical (unpaired) electrons. The molecule has 0 unspecified atom stereocenters. The number of Topliss-reactive ketones (excluding diaryl/α,β-unsaturated/α-hetero) is 1. The number of ketones is 1. The second-order valence-corrected chi connectivity index (χ2v) is 5.07. The second kappa shape index (κ2) is 4.19. The van der Waals surface area contributed by atoms with Gasteiger partial charge in [0.1, 0.15) is 0 Å². The van der Waals surface area contributed by atoms with Crippen molar-refractivity contribution in [2.75, 3.05) is 0 Å². The van der Waals surface area contributed by atoms with Crippen molar-refractivity contribution in [1.29, 1.82) is 0 Å². The quantitative estimate of drug-likeness (QED) is 0.762. The van der Waals surface area contributed by atoms with E-state index in [1.54, 1.807) is 0 Å². The van der Waals surface area contributed by atoms with Crippen LogP contribution in [-0.4, -0.2) is 15.9 Å². The Labute approximate surface area is 106 Å². The third-order valence-corrected chi connectivity index (χ3v) is 3.68. The zero-order valence-corrected chi connectivity index (χ0v) is 10.7. The fraction of sp³-hybridized carbons (Fsp3) is 0.500. The lowest BCUT2D eigenvalue weighted by Crippen LogP contribution is -2.01. The maximum atomic E-state index is 12.1. The number of aromatic nitrogens is 2. The van der Waals surface area contributed by atoms with E-state index in [0.29, 0.717) is 18.1 Å². The molecule has 0 bridgehead atoms. The van der Waals surface area contributed by atoms with Crippen molar-refractivity contribution < 1.29 is 9.32 Å². The third-order valence-electron chi connectivity index (χ3n) is 3.68. The number of rotatable bonds is 1. The van der Waals surface area contributed by atoms with Gasteiger partial charge in [0.15, 0.2) is 11.6 Å². The molecule has 18 heavy (non-hydrogen) atoms. The molecule has 1 aromatic rings. The van der Waals surface area contributed by atoms with Gasteiger partial charge in [-0.15, -0.1) is 0 Å². The van der Waals surface area contributed by atoms with Gasteiger partial charge >= 0.3 is 0 Å². The Hall–Kier alpha value is -1.71. The fourth-order valence-electron chi connectivity index (χ4n) is 2.89. The van der Waals surface area contributed by atoms with Crippen LogP contribution < -0.4 is 0 Å². The van der Waals surface area contributed by atoms with Gasteiger partial charge in [-0.05, 0) is 45.1 Å². The summed E-state index contributed by atoms with van der Waals surface area (Å²) in [5.41, 5.74) is 4.32. The van der Waals surface area contributed by atoms with Gasteiger partial charge in [0.2, 0.25) is 0 Å². The van der Waals surface area contributed by atoms with Crippen LogP contribution in [0.1, 0.15) is 50.7 Å². The van der Waals surface area contributed by atoms with Gasteiger partial charge in [0, 0.05) is 17.6 Å². The largest absolute Gasteiger partial charge is 0.334 e. The predicted molar refractivity (Wildman–Crippen MR) is 66.7 cm³/mol. The first kappa shape index (κ1) is 11.4. The average Bonchev–Trinajstić information content (AvgIpc) is 2.82. The first-order valence-corrected chi connectivity index (χ1v) is 6.43. The number of allylic oxidation sites excluding steroid dienone is 4. The number of aryl methyl sites for hydroxylation is 1. The van der Waals surface area contributed by atoms with Gasteiger partial charge in [0.25, 0.3) is 5.89 Å². The highest BCUT2D eigenvalue weighted by atomic mass is 16.5. The minimum Gasteiger partial charge on any atom is -0.334 e. The summed E-state index contributed by atoms with van der Waals surface area (Å²) < 4.78 is 5.26. The summed E-state index contributed by atoms with van der Waals surface area (Å²) in [4.78, 5) is 16.4. The van der Waals surface area contributed by atoms with E-state index in [9.17, 15) is 4.79 Å². The van der Waals surface area contributed by atoms with Crippen molar-refractivity contribution in [3.63, 3.8) is 0 Å². The number of hydrogen-bond donors (Lipinski definition) is 0. The van der Waals surface area contributed by atoms with Gasteiger partial charge < -0.3 is 4.52 Å². The van der Waals surface area contributed by atoms with Crippen LogP contribution in [0, 0.1) is 6.92 Å². The summed E-state index contributed by atoms with van der Waals surface area (Å²) in [7, 11) is 0. The molecular formula is C14H16N2O2. The maximum Gasteiger partial charge on any atom is 0.254 e. The van der Waals surface area contributed by atoms with Crippen LogP contribution in [-0.2, 0) is 4.79 Å². The highest BCUT2D eigenvalue weighted by molar-refractivity contribution is 6.04. The van der Waals surface area contributed by atoms with Crippen molar-refractivity contribution in [3.8, 4) is 0 Å². The predicted octanol–water partition coefficient (Wildman–Crippen LogP) is 2.99. The molecule has 4 nitrogen and oxygen atoms in total. The number of carbonyl (C=O) groups is 1. The average molecular weight is 244 g/mol. The molecule has 0 aromatic carbocycles. The molecule has 1 heterocycles. The van der Waals surface area contributed by atoms with Crippen LogP contribution in [0.5, 0.6) is 0 Å². The number of fused-ring (bicyclic) bond motifs is 1. The molecule has 2 aliphatic carbocycles. The van der Waals surface area contributed by atoms with Crippen LogP contribution in [0.15, 0.2) is 21.2 Å². The fourth-order valence-corrected chi connectivity index (χ4v) is 2.89. The van der Waals surface area contributed by atoms with Gasteiger partial charge in [-0.2, -0.15) is 4.98 Å². The normalized spacial score (nSPS) is 20.4. The van der Waals surface area contributed by atoms with Crippen molar-refractivity contribution in [2.24, 2.45) is 0 Å². The molecule has 0 amide bonds. The molecule has 2 aliphatic rings. The van der Waals surface area contributed by atoms with E-state index in [1.165, 1.54) is 0 Å². The number of carbonyl (C=O) groups excluding carboxylic acids is 1. The van der Waals surface area contributed by atoms with E-state index in [2.05, 4.69) is 10.1 Å². The molecule has 0 N–H and O–H groups in total. The Bertz CT molecular complexity index is 578. The van der Waals surface area contributed by atoms with Gasteiger partial charge in [-0.3, -0.25) is 4.79 Å². The third kappa shape index (κ3) is 1.72. The standard InChI is InChI=1S/C14H16N2O2/c1-8-7-11(14-15-9(2)16-18-14)10-5-3-4-6-12(17)13(8)10/h3-7H2,1-2H3. The van der Waals surface area contributed by atoms with Crippen molar-refractivity contribution in [1.82, 2.24) is 10.1 Å². The second-order valence-electron chi connectivity index (χ2n) is 5.07. The summed E-state index contributed by atoms with van der Waals surface area (Å²) in [5.74, 6) is 1.52. The topological polar surface area (TPSA) is 56.0 Å². The van der Waals surface area contributed by atoms with E-state index in [4.69, 9.17) is 4.52 Å². The smallest absolute Gasteiger partial charge is 0.254 e. The molecule has 94 valence electrons. The Morgan fingerprint density at radius 2 is 1.89 bits per heavy atom. The van der Waals surface area contributed by atoms with Crippen LogP contribution >= 0.6 is 0 Å². The molecular weight excluding hydrogens is 228 g/mol. The monoisotopic (exact) mass is 244 g/mol. The lowest BCUT2D eigenvalue weighted by atomic mass is 10.00. The minimum absolute atomic E-state index is 0.284. The first-order chi connectivity index (χ1) is 8.66. The van der Waals surface area contributed by atoms with E-state index in [0.717, 1.165) is 48.0 Å². The highest BCUT2D eigenvalue weighted by Crippen LogP contribution is 2.42. The van der Waals surface area contributed by atoms with Crippen LogP contribution in [0.4, 0.5) is 0 Å². The maximum absolute atomic E-state index is 12.1. The zero-order chi connectivity index (χ0) is 12.7. The molecule has 0 saturated heterocycles. The summed E-state index contributed by atoms with van der Waals surface area (Å²) >= 11 is 0. The van der Waals surface area contributed by atoms with Crippen molar-refractivity contribution in [2.45, 2.75) is 46.0 Å². The van der Waals surface area contributed by atoms with Crippen LogP contribution in [0.25, 0.3) is 5.57 Å². The van der Waals surface area contributed by atoms with Gasteiger partial charge in [0.05, 0.1) is 0 Å².